The van der Waals surface area contributed by atoms with Crippen LogP contribution in [0.4, 0.5) is 10.5 Å². The first-order valence-corrected chi connectivity index (χ1v) is 8.30. The van der Waals surface area contributed by atoms with Crippen LogP contribution in [0.2, 0.25) is 0 Å². The van der Waals surface area contributed by atoms with Gasteiger partial charge in [-0.3, -0.25) is 4.90 Å². The van der Waals surface area contributed by atoms with E-state index in [4.69, 9.17) is 4.74 Å². The summed E-state index contributed by atoms with van der Waals surface area (Å²) in [4.78, 5) is 25.1. The number of nitrogens with one attached hydrogen (secondary N) is 1. The van der Waals surface area contributed by atoms with Crippen LogP contribution in [0.1, 0.15) is 16.8 Å². The van der Waals surface area contributed by atoms with Crippen LogP contribution in [0.5, 0.6) is 0 Å². The zero-order chi connectivity index (χ0) is 14.7. The van der Waals surface area contributed by atoms with Gasteiger partial charge in [0.25, 0.3) is 0 Å². The van der Waals surface area contributed by atoms with Gasteiger partial charge in [0, 0.05) is 18.8 Å². The fraction of sp³-hybridized carbons (Fsp3) is 0.467. The van der Waals surface area contributed by atoms with Crippen molar-refractivity contribution in [1.82, 2.24) is 5.32 Å². The molecular weight excluding hydrogens is 288 g/mol. The summed E-state index contributed by atoms with van der Waals surface area (Å²) in [5.41, 5.74) is 1.33. The molecule has 2 aliphatic rings. The quantitative estimate of drug-likeness (QED) is 0.847. The van der Waals surface area contributed by atoms with Gasteiger partial charge in [-0.15, -0.1) is 0 Å². The summed E-state index contributed by atoms with van der Waals surface area (Å²) in [6, 6.07) is 6.89. The molecule has 2 fully saturated rings. The van der Waals surface area contributed by atoms with E-state index in [1.807, 2.05) is 11.8 Å². The minimum absolute atomic E-state index is 0.0938. The van der Waals surface area contributed by atoms with Crippen LogP contribution < -0.4 is 10.2 Å². The van der Waals surface area contributed by atoms with Crippen LogP contribution in [0.3, 0.4) is 0 Å². The number of urea groups is 1. The summed E-state index contributed by atoms with van der Waals surface area (Å²) in [7, 11) is 0. The Morgan fingerprint density at radius 2 is 2.10 bits per heavy atom. The van der Waals surface area contributed by atoms with E-state index in [1.165, 1.54) is 11.5 Å². The number of ether oxygens (including phenoxy) is 1. The Hall–Kier alpha value is -1.69. The molecule has 0 aliphatic carbocycles. The van der Waals surface area contributed by atoms with Crippen molar-refractivity contribution in [2.45, 2.75) is 6.42 Å². The minimum Gasteiger partial charge on any atom is -0.462 e. The number of thioether (sulfide) groups is 1. The first kappa shape index (κ1) is 14.3. The van der Waals surface area contributed by atoms with Gasteiger partial charge in [0.05, 0.1) is 12.2 Å². The SMILES string of the molecule is O=C(OCCC1CSC1)c1ccc(N2CCNC2=O)cc1. The van der Waals surface area contributed by atoms with Gasteiger partial charge in [-0.25, -0.2) is 9.59 Å². The number of amides is 2. The molecule has 6 heteroatoms. The highest BCUT2D eigenvalue weighted by Gasteiger charge is 2.21. The molecule has 1 N–H and O–H groups in total. The Balaban J connectivity index is 1.53. The second kappa shape index (κ2) is 6.39. The molecule has 5 nitrogen and oxygen atoms in total. The van der Waals surface area contributed by atoms with Crippen LogP contribution >= 0.6 is 11.8 Å². The molecule has 1 aromatic rings. The Morgan fingerprint density at radius 1 is 1.33 bits per heavy atom. The number of hydrogen-bond acceptors (Lipinski definition) is 4. The topological polar surface area (TPSA) is 58.6 Å². The van der Waals surface area contributed by atoms with Crippen molar-refractivity contribution in [2.24, 2.45) is 5.92 Å². The maximum Gasteiger partial charge on any atom is 0.338 e. The first-order chi connectivity index (χ1) is 10.2. The van der Waals surface area contributed by atoms with Crippen molar-refractivity contribution in [2.75, 3.05) is 36.1 Å². The average Bonchev–Trinajstić information content (AvgIpc) is 2.88. The van der Waals surface area contributed by atoms with Crippen molar-refractivity contribution >= 4 is 29.4 Å². The Kier molecular flexibility index (Phi) is 4.34. The lowest BCUT2D eigenvalue weighted by Crippen LogP contribution is -2.27. The highest BCUT2D eigenvalue weighted by atomic mass is 32.2. The van der Waals surface area contributed by atoms with Gasteiger partial charge in [-0.2, -0.15) is 11.8 Å². The second-order valence-corrected chi connectivity index (χ2v) is 6.33. The molecule has 2 amide bonds. The van der Waals surface area contributed by atoms with Crippen LogP contribution in [0.15, 0.2) is 24.3 Å². The molecule has 0 aromatic heterocycles. The van der Waals surface area contributed by atoms with E-state index >= 15 is 0 Å². The van der Waals surface area contributed by atoms with Crippen LogP contribution in [-0.4, -0.2) is 43.2 Å². The number of benzene rings is 1. The molecule has 2 saturated heterocycles. The molecule has 0 bridgehead atoms. The number of esters is 1. The predicted molar refractivity (Wildman–Crippen MR) is 82.9 cm³/mol. The Bertz CT molecular complexity index is 528. The van der Waals surface area contributed by atoms with Gasteiger partial charge in [0.1, 0.15) is 0 Å². The monoisotopic (exact) mass is 306 g/mol. The van der Waals surface area contributed by atoms with Gasteiger partial charge in [-0.1, -0.05) is 0 Å². The van der Waals surface area contributed by atoms with Gasteiger partial charge in [0.2, 0.25) is 0 Å². The lowest BCUT2D eigenvalue weighted by atomic mass is 10.1. The third-order valence-electron chi connectivity index (χ3n) is 3.74. The maximum absolute atomic E-state index is 11.9. The summed E-state index contributed by atoms with van der Waals surface area (Å²) in [5, 5.41) is 2.75. The third kappa shape index (κ3) is 3.32. The van der Waals surface area contributed by atoms with Crippen molar-refractivity contribution in [3.05, 3.63) is 29.8 Å². The highest BCUT2D eigenvalue weighted by molar-refractivity contribution is 8.00. The first-order valence-electron chi connectivity index (χ1n) is 7.14. The Labute approximate surface area is 128 Å². The fourth-order valence-electron chi connectivity index (χ4n) is 2.35. The second-order valence-electron chi connectivity index (χ2n) is 5.26. The lowest BCUT2D eigenvalue weighted by Gasteiger charge is -2.24. The number of carbonyl (C=O) groups excluding carboxylic acids is 2. The van der Waals surface area contributed by atoms with E-state index in [-0.39, 0.29) is 12.0 Å². The summed E-state index contributed by atoms with van der Waals surface area (Å²) >= 11 is 1.94. The van der Waals surface area contributed by atoms with E-state index in [9.17, 15) is 9.59 Å². The lowest BCUT2D eigenvalue weighted by molar-refractivity contribution is 0.0488. The molecule has 2 aliphatic heterocycles. The predicted octanol–water partition coefficient (Wildman–Crippen LogP) is 2.13. The summed E-state index contributed by atoms with van der Waals surface area (Å²) < 4.78 is 5.28. The molecule has 0 spiro atoms. The average molecular weight is 306 g/mol. The number of carbonyl (C=O) groups is 2. The van der Waals surface area contributed by atoms with Crippen molar-refractivity contribution in [3.8, 4) is 0 Å². The van der Waals surface area contributed by atoms with Gasteiger partial charge < -0.3 is 10.1 Å². The molecule has 2 heterocycles. The van der Waals surface area contributed by atoms with Gasteiger partial charge >= 0.3 is 12.0 Å². The molecule has 21 heavy (non-hydrogen) atoms. The molecule has 1 aromatic carbocycles. The van der Waals surface area contributed by atoms with Gasteiger partial charge in [-0.05, 0) is 48.1 Å². The molecule has 0 radical (unpaired) electrons. The van der Waals surface area contributed by atoms with Crippen molar-refractivity contribution < 1.29 is 14.3 Å². The molecule has 0 saturated carbocycles. The van der Waals surface area contributed by atoms with Crippen LogP contribution in [0, 0.1) is 5.92 Å². The van der Waals surface area contributed by atoms with Crippen molar-refractivity contribution in [1.29, 1.82) is 0 Å². The summed E-state index contributed by atoms with van der Waals surface area (Å²) in [6.07, 6.45) is 0.949. The van der Waals surface area contributed by atoms with Crippen molar-refractivity contribution in [3.63, 3.8) is 0 Å². The number of rotatable bonds is 5. The molecular formula is C15H18N2O3S. The van der Waals surface area contributed by atoms with E-state index in [1.54, 1.807) is 29.2 Å². The smallest absolute Gasteiger partial charge is 0.338 e. The summed E-state index contributed by atoms with van der Waals surface area (Å²) in [5.74, 6) is 2.78. The third-order valence-corrected chi connectivity index (χ3v) is 5.15. The minimum atomic E-state index is -0.292. The van der Waals surface area contributed by atoms with E-state index in [2.05, 4.69) is 5.32 Å². The number of anilines is 1. The van der Waals surface area contributed by atoms with E-state index < -0.39 is 0 Å². The molecule has 0 unspecified atom stereocenters. The van der Waals surface area contributed by atoms with Gasteiger partial charge in [0.15, 0.2) is 0 Å². The fourth-order valence-corrected chi connectivity index (χ4v) is 3.25. The standard InChI is InChI=1S/C15H18N2O3S/c18-14(20-8-5-11-9-21-10-11)12-1-3-13(4-2-12)17-7-6-16-15(17)19/h1-4,11H,5-10H2,(H,16,19). The zero-order valence-corrected chi connectivity index (χ0v) is 12.5. The molecule has 112 valence electrons. The number of hydrogen-bond donors (Lipinski definition) is 1. The van der Waals surface area contributed by atoms with Crippen LogP contribution in [-0.2, 0) is 4.74 Å². The zero-order valence-electron chi connectivity index (χ0n) is 11.7. The molecule has 3 rings (SSSR count). The van der Waals surface area contributed by atoms with E-state index in [0.717, 1.165) is 12.1 Å². The highest BCUT2D eigenvalue weighted by Crippen LogP contribution is 2.27. The summed E-state index contributed by atoms with van der Waals surface area (Å²) in [6.45, 7) is 1.80. The van der Waals surface area contributed by atoms with Crippen LogP contribution in [0.25, 0.3) is 0 Å². The number of nitrogens with zero attached hydrogens (tertiary/aromatic N) is 1. The maximum atomic E-state index is 11.9. The normalized spacial score (nSPS) is 18.3. The largest absolute Gasteiger partial charge is 0.462 e. The Morgan fingerprint density at radius 3 is 2.67 bits per heavy atom. The van der Waals surface area contributed by atoms with E-state index in [0.29, 0.717) is 31.2 Å². The molecule has 0 atom stereocenters.